The van der Waals surface area contributed by atoms with E-state index in [9.17, 15) is 18.0 Å². The molecule has 1 aliphatic heterocycles. The summed E-state index contributed by atoms with van der Waals surface area (Å²) in [6.07, 6.45) is -3.68. The highest BCUT2D eigenvalue weighted by Gasteiger charge is 2.33. The van der Waals surface area contributed by atoms with Crippen molar-refractivity contribution in [3.05, 3.63) is 29.3 Å². The van der Waals surface area contributed by atoms with Gasteiger partial charge in [0.2, 0.25) is 0 Å². The number of carbonyl (C=O) groups excluding carboxylic acids is 1. The van der Waals surface area contributed by atoms with Crippen molar-refractivity contribution in [3.8, 4) is 0 Å². The summed E-state index contributed by atoms with van der Waals surface area (Å²) < 4.78 is 38.2. The molecule has 1 saturated heterocycles. The SMILES string of the molecule is CN(C)C1CCN(C(=O)c2cc(C(F)(F)F)ccc2N)C1. The average molecular weight is 301 g/mol. The molecule has 1 aromatic carbocycles. The Labute approximate surface area is 121 Å². The maximum absolute atomic E-state index is 12.7. The zero-order valence-corrected chi connectivity index (χ0v) is 11.9. The molecule has 1 amide bonds. The summed E-state index contributed by atoms with van der Waals surface area (Å²) in [5, 5.41) is 0. The molecule has 0 radical (unpaired) electrons. The van der Waals surface area contributed by atoms with Gasteiger partial charge in [0, 0.05) is 24.8 Å². The fourth-order valence-electron chi connectivity index (χ4n) is 2.44. The van der Waals surface area contributed by atoms with E-state index < -0.39 is 17.6 Å². The Morgan fingerprint density at radius 2 is 2.05 bits per heavy atom. The molecule has 7 heteroatoms. The predicted molar refractivity (Wildman–Crippen MR) is 73.9 cm³/mol. The van der Waals surface area contributed by atoms with E-state index in [0.717, 1.165) is 24.6 Å². The normalized spacial score (nSPS) is 19.3. The first kappa shape index (κ1) is 15.6. The summed E-state index contributed by atoms with van der Waals surface area (Å²) >= 11 is 0. The number of benzene rings is 1. The molecule has 21 heavy (non-hydrogen) atoms. The third-order valence-corrected chi connectivity index (χ3v) is 3.79. The number of likely N-dealkylation sites (N-methyl/N-ethyl adjacent to an activating group) is 1. The number of rotatable bonds is 2. The predicted octanol–water partition coefficient (Wildman–Crippen LogP) is 2.06. The fraction of sp³-hybridized carbons (Fsp3) is 0.500. The van der Waals surface area contributed by atoms with Gasteiger partial charge in [-0.15, -0.1) is 0 Å². The highest BCUT2D eigenvalue weighted by molar-refractivity contribution is 5.99. The molecule has 2 rings (SSSR count). The number of halogens is 3. The van der Waals surface area contributed by atoms with E-state index in [1.165, 1.54) is 0 Å². The Kier molecular flexibility index (Phi) is 4.13. The van der Waals surface area contributed by atoms with Crippen molar-refractivity contribution in [2.24, 2.45) is 0 Å². The Morgan fingerprint density at radius 3 is 2.57 bits per heavy atom. The van der Waals surface area contributed by atoms with Crippen LogP contribution in [0.4, 0.5) is 18.9 Å². The molecule has 1 aliphatic rings. The number of nitrogen functional groups attached to an aromatic ring is 1. The van der Waals surface area contributed by atoms with Gasteiger partial charge in [-0.1, -0.05) is 0 Å². The van der Waals surface area contributed by atoms with E-state index in [4.69, 9.17) is 5.73 Å². The number of hydrogen-bond acceptors (Lipinski definition) is 3. The average Bonchev–Trinajstić information content (AvgIpc) is 2.86. The summed E-state index contributed by atoms with van der Waals surface area (Å²) in [5.74, 6) is -0.442. The molecule has 1 heterocycles. The maximum atomic E-state index is 12.7. The van der Waals surface area contributed by atoms with E-state index >= 15 is 0 Å². The van der Waals surface area contributed by atoms with Gasteiger partial charge in [0.15, 0.2) is 0 Å². The van der Waals surface area contributed by atoms with Crippen LogP contribution < -0.4 is 5.73 Å². The lowest BCUT2D eigenvalue weighted by atomic mass is 10.1. The summed E-state index contributed by atoms with van der Waals surface area (Å²) in [4.78, 5) is 15.9. The number of amides is 1. The minimum Gasteiger partial charge on any atom is -0.398 e. The highest BCUT2D eigenvalue weighted by Crippen LogP contribution is 2.32. The van der Waals surface area contributed by atoms with Gasteiger partial charge in [-0.25, -0.2) is 0 Å². The molecule has 116 valence electrons. The van der Waals surface area contributed by atoms with Crippen molar-refractivity contribution >= 4 is 11.6 Å². The van der Waals surface area contributed by atoms with E-state index in [-0.39, 0.29) is 17.3 Å². The number of anilines is 1. The lowest BCUT2D eigenvalue weighted by molar-refractivity contribution is -0.137. The number of alkyl halides is 3. The van der Waals surface area contributed by atoms with Gasteiger partial charge in [0.25, 0.3) is 5.91 Å². The molecule has 1 atom stereocenters. The Balaban J connectivity index is 2.24. The largest absolute Gasteiger partial charge is 0.416 e. The van der Waals surface area contributed by atoms with Crippen LogP contribution in [-0.4, -0.2) is 48.9 Å². The maximum Gasteiger partial charge on any atom is 0.416 e. The van der Waals surface area contributed by atoms with Gasteiger partial charge in [0.1, 0.15) is 0 Å². The first-order valence-corrected chi connectivity index (χ1v) is 6.62. The molecule has 1 aromatic rings. The standard InChI is InChI=1S/C14H18F3N3O/c1-19(2)10-5-6-20(8-10)13(21)11-7-9(14(15,16)17)3-4-12(11)18/h3-4,7,10H,5-6,8,18H2,1-2H3. The zero-order chi connectivity index (χ0) is 15.8. The van der Waals surface area contributed by atoms with E-state index in [0.29, 0.717) is 13.1 Å². The molecule has 1 unspecified atom stereocenters. The number of nitrogens with two attached hydrogens (primary N) is 1. The van der Waals surface area contributed by atoms with Crippen LogP contribution in [0.2, 0.25) is 0 Å². The molecule has 0 aliphatic carbocycles. The van der Waals surface area contributed by atoms with Crippen molar-refractivity contribution in [1.29, 1.82) is 0 Å². The Morgan fingerprint density at radius 1 is 1.38 bits per heavy atom. The molecule has 4 nitrogen and oxygen atoms in total. The second-order valence-electron chi connectivity index (χ2n) is 5.46. The molecular weight excluding hydrogens is 283 g/mol. The number of likely N-dealkylation sites (tertiary alicyclic amines) is 1. The molecule has 0 spiro atoms. The zero-order valence-electron chi connectivity index (χ0n) is 11.9. The number of hydrogen-bond donors (Lipinski definition) is 1. The second-order valence-corrected chi connectivity index (χ2v) is 5.46. The van der Waals surface area contributed by atoms with Crippen LogP contribution in [0.25, 0.3) is 0 Å². The molecule has 2 N–H and O–H groups in total. The Hall–Kier alpha value is -1.76. The van der Waals surface area contributed by atoms with Gasteiger partial charge in [-0.05, 0) is 38.7 Å². The Bertz CT molecular complexity index is 543. The summed E-state index contributed by atoms with van der Waals surface area (Å²) in [7, 11) is 3.83. The van der Waals surface area contributed by atoms with Gasteiger partial charge in [-0.3, -0.25) is 4.79 Å². The minimum atomic E-state index is -4.49. The van der Waals surface area contributed by atoms with E-state index in [1.807, 2.05) is 19.0 Å². The van der Waals surface area contributed by atoms with Gasteiger partial charge in [-0.2, -0.15) is 13.2 Å². The van der Waals surface area contributed by atoms with Crippen LogP contribution in [0.3, 0.4) is 0 Å². The summed E-state index contributed by atoms with van der Waals surface area (Å²) in [6.45, 7) is 1.03. The third-order valence-electron chi connectivity index (χ3n) is 3.79. The van der Waals surface area contributed by atoms with Crippen molar-refractivity contribution in [2.45, 2.75) is 18.6 Å². The van der Waals surface area contributed by atoms with E-state index in [1.54, 1.807) is 4.90 Å². The van der Waals surface area contributed by atoms with Crippen LogP contribution in [0.15, 0.2) is 18.2 Å². The van der Waals surface area contributed by atoms with Crippen molar-refractivity contribution in [3.63, 3.8) is 0 Å². The topological polar surface area (TPSA) is 49.6 Å². The lowest BCUT2D eigenvalue weighted by Gasteiger charge is -2.21. The fourth-order valence-corrected chi connectivity index (χ4v) is 2.44. The molecular formula is C14H18F3N3O. The van der Waals surface area contributed by atoms with Gasteiger partial charge >= 0.3 is 6.18 Å². The first-order valence-electron chi connectivity index (χ1n) is 6.62. The second kappa shape index (κ2) is 5.55. The van der Waals surface area contributed by atoms with Gasteiger partial charge in [0.05, 0.1) is 11.1 Å². The van der Waals surface area contributed by atoms with Crippen molar-refractivity contribution in [1.82, 2.24) is 9.80 Å². The summed E-state index contributed by atoms with van der Waals surface area (Å²) in [6, 6.07) is 3.08. The number of carbonyl (C=O) groups is 1. The smallest absolute Gasteiger partial charge is 0.398 e. The van der Waals surface area contributed by atoms with E-state index in [2.05, 4.69) is 0 Å². The molecule has 0 bridgehead atoms. The summed E-state index contributed by atoms with van der Waals surface area (Å²) in [5.41, 5.74) is 4.80. The van der Waals surface area contributed by atoms with Crippen LogP contribution in [0.5, 0.6) is 0 Å². The third kappa shape index (κ3) is 3.29. The van der Waals surface area contributed by atoms with Crippen LogP contribution in [0, 0.1) is 0 Å². The molecule has 0 aromatic heterocycles. The lowest BCUT2D eigenvalue weighted by Crippen LogP contribution is -2.34. The molecule has 0 saturated carbocycles. The van der Waals surface area contributed by atoms with Gasteiger partial charge < -0.3 is 15.5 Å². The van der Waals surface area contributed by atoms with Crippen molar-refractivity contribution in [2.75, 3.05) is 32.9 Å². The van der Waals surface area contributed by atoms with Crippen LogP contribution in [0.1, 0.15) is 22.3 Å². The highest BCUT2D eigenvalue weighted by atomic mass is 19.4. The van der Waals surface area contributed by atoms with Crippen molar-refractivity contribution < 1.29 is 18.0 Å². The molecule has 1 fully saturated rings. The minimum absolute atomic E-state index is 0.0707. The quantitative estimate of drug-likeness (QED) is 0.851. The van der Waals surface area contributed by atoms with Crippen LogP contribution >= 0.6 is 0 Å². The monoisotopic (exact) mass is 301 g/mol. The first-order chi connectivity index (χ1) is 9.70. The van der Waals surface area contributed by atoms with Crippen LogP contribution in [-0.2, 0) is 6.18 Å². The number of nitrogens with zero attached hydrogens (tertiary/aromatic N) is 2.